The van der Waals surface area contributed by atoms with Gasteiger partial charge in [0.25, 0.3) is 11.1 Å². The van der Waals surface area contributed by atoms with E-state index in [-0.39, 0.29) is 35.2 Å². The predicted octanol–water partition coefficient (Wildman–Crippen LogP) is 5.19. The van der Waals surface area contributed by atoms with Crippen LogP contribution in [0.1, 0.15) is 5.89 Å². The lowest BCUT2D eigenvalue weighted by atomic mass is 10.0. The van der Waals surface area contributed by atoms with Crippen molar-refractivity contribution in [2.24, 2.45) is 0 Å². The van der Waals surface area contributed by atoms with Crippen molar-refractivity contribution in [1.29, 1.82) is 0 Å². The van der Waals surface area contributed by atoms with Crippen LogP contribution in [0.4, 0.5) is 10.1 Å². The van der Waals surface area contributed by atoms with Crippen LogP contribution in [0.5, 0.6) is 5.75 Å². The number of amides is 1. The molecular weight excluding hydrogens is 417 g/mol. The molecule has 0 atom stereocenters. The molecule has 0 aliphatic heterocycles. The van der Waals surface area contributed by atoms with Crippen LogP contribution in [0, 0.1) is 5.82 Å². The zero-order valence-electron chi connectivity index (χ0n) is 16.3. The van der Waals surface area contributed by atoms with Gasteiger partial charge < -0.3 is 14.5 Å². The smallest absolute Gasteiger partial charge is 0.277 e. The van der Waals surface area contributed by atoms with E-state index in [0.29, 0.717) is 5.75 Å². The van der Waals surface area contributed by atoms with Gasteiger partial charge in [-0.25, -0.2) is 4.39 Å². The summed E-state index contributed by atoms with van der Waals surface area (Å²) in [5.74, 6) is 0.347. The normalized spacial score (nSPS) is 10.6. The molecule has 1 heterocycles. The van der Waals surface area contributed by atoms with E-state index >= 15 is 0 Å². The fraction of sp³-hybridized carbons (Fsp3) is 0.0870. The van der Waals surface area contributed by atoms with Crippen LogP contribution >= 0.6 is 11.8 Å². The summed E-state index contributed by atoms with van der Waals surface area (Å²) in [6, 6.07) is 23.1. The van der Waals surface area contributed by atoms with Gasteiger partial charge in [0.05, 0.1) is 5.75 Å². The zero-order chi connectivity index (χ0) is 21.5. The summed E-state index contributed by atoms with van der Waals surface area (Å²) in [6.45, 7) is 0.0514. The van der Waals surface area contributed by atoms with Gasteiger partial charge in [-0.15, -0.1) is 10.2 Å². The number of halogens is 1. The largest absolute Gasteiger partial charge is 0.484 e. The van der Waals surface area contributed by atoms with Gasteiger partial charge in [0.2, 0.25) is 5.91 Å². The molecule has 1 amide bonds. The molecule has 0 unspecified atom stereocenters. The van der Waals surface area contributed by atoms with E-state index in [4.69, 9.17) is 9.15 Å². The van der Waals surface area contributed by atoms with Crippen LogP contribution in [-0.2, 0) is 11.4 Å². The number of aromatic nitrogens is 2. The van der Waals surface area contributed by atoms with Gasteiger partial charge in [-0.1, -0.05) is 60.3 Å². The quantitative estimate of drug-likeness (QED) is 0.384. The number of carbonyl (C=O) groups is 1. The molecule has 0 fully saturated rings. The maximum Gasteiger partial charge on any atom is 0.277 e. The number of rotatable bonds is 8. The molecule has 156 valence electrons. The highest BCUT2D eigenvalue weighted by molar-refractivity contribution is 7.99. The van der Waals surface area contributed by atoms with Gasteiger partial charge in [0, 0.05) is 11.3 Å². The van der Waals surface area contributed by atoms with Crippen LogP contribution in [-0.4, -0.2) is 21.9 Å². The number of para-hydroxylation sites is 1. The molecular formula is C23H18FN3O3S. The molecule has 0 aliphatic carbocycles. The highest BCUT2D eigenvalue weighted by Crippen LogP contribution is 2.28. The van der Waals surface area contributed by atoms with Crippen LogP contribution in [0.25, 0.3) is 11.1 Å². The fourth-order valence-electron chi connectivity index (χ4n) is 2.81. The molecule has 1 N–H and O–H groups in total. The molecule has 0 saturated carbocycles. The van der Waals surface area contributed by atoms with E-state index in [9.17, 15) is 9.18 Å². The molecule has 8 heteroatoms. The third kappa shape index (κ3) is 5.70. The van der Waals surface area contributed by atoms with Crippen molar-refractivity contribution in [2.45, 2.75) is 11.8 Å². The minimum absolute atomic E-state index is 0.0514. The average Bonchev–Trinajstić information content (AvgIpc) is 3.26. The number of hydrogen-bond acceptors (Lipinski definition) is 6. The van der Waals surface area contributed by atoms with E-state index in [1.807, 2.05) is 54.6 Å². The molecule has 6 nitrogen and oxygen atoms in total. The number of nitrogens with zero attached hydrogens (tertiary/aromatic N) is 2. The van der Waals surface area contributed by atoms with Crippen molar-refractivity contribution in [3.63, 3.8) is 0 Å². The number of carbonyl (C=O) groups excluding carboxylic acids is 1. The van der Waals surface area contributed by atoms with Gasteiger partial charge in [-0.3, -0.25) is 4.79 Å². The summed E-state index contributed by atoms with van der Waals surface area (Å²) in [7, 11) is 0. The Morgan fingerprint density at radius 3 is 2.52 bits per heavy atom. The monoisotopic (exact) mass is 435 g/mol. The Morgan fingerprint density at radius 1 is 0.968 bits per heavy atom. The van der Waals surface area contributed by atoms with E-state index in [1.54, 1.807) is 0 Å². The molecule has 4 aromatic rings. The van der Waals surface area contributed by atoms with Crippen LogP contribution in [0.2, 0.25) is 0 Å². The third-order valence-electron chi connectivity index (χ3n) is 4.24. The second kappa shape index (κ2) is 9.90. The molecule has 1 aromatic heterocycles. The highest BCUT2D eigenvalue weighted by Gasteiger charge is 2.12. The van der Waals surface area contributed by atoms with Crippen LogP contribution in [0.3, 0.4) is 0 Å². The SMILES string of the molecule is O=C(CSc1nnc(COc2ccc(F)cc2)o1)Nc1ccccc1-c1ccccc1. The van der Waals surface area contributed by atoms with E-state index in [2.05, 4.69) is 15.5 Å². The topological polar surface area (TPSA) is 77.2 Å². The summed E-state index contributed by atoms with van der Waals surface area (Å²) in [6.07, 6.45) is 0. The maximum atomic E-state index is 12.9. The number of anilines is 1. The van der Waals surface area contributed by atoms with Crippen molar-refractivity contribution >= 4 is 23.4 Å². The molecule has 3 aromatic carbocycles. The number of benzene rings is 3. The van der Waals surface area contributed by atoms with E-state index < -0.39 is 0 Å². The Morgan fingerprint density at radius 2 is 1.71 bits per heavy atom. The van der Waals surface area contributed by atoms with Crippen molar-refractivity contribution in [3.05, 3.63) is 90.6 Å². The number of thioether (sulfide) groups is 1. The summed E-state index contributed by atoms with van der Waals surface area (Å²) in [5, 5.41) is 11.0. The first-order valence-corrected chi connectivity index (χ1v) is 10.4. The lowest BCUT2D eigenvalue weighted by Crippen LogP contribution is -2.14. The van der Waals surface area contributed by atoms with Gasteiger partial charge in [0.1, 0.15) is 11.6 Å². The van der Waals surface area contributed by atoms with Crippen LogP contribution in [0.15, 0.2) is 88.5 Å². The minimum atomic E-state index is -0.339. The fourth-order valence-corrected chi connectivity index (χ4v) is 3.39. The summed E-state index contributed by atoms with van der Waals surface area (Å²) < 4.78 is 23.9. The Bertz CT molecular complexity index is 1150. The van der Waals surface area contributed by atoms with Gasteiger partial charge in [-0.05, 0) is 35.9 Å². The lowest BCUT2D eigenvalue weighted by molar-refractivity contribution is -0.113. The average molecular weight is 435 g/mol. The third-order valence-corrected chi connectivity index (χ3v) is 5.06. The summed E-state index contributed by atoms with van der Waals surface area (Å²) >= 11 is 1.14. The number of ether oxygens (including phenoxy) is 1. The molecule has 4 rings (SSSR count). The standard InChI is InChI=1S/C23H18FN3O3S/c24-17-10-12-18(13-11-17)29-14-22-26-27-23(30-22)31-15-21(28)25-20-9-5-4-8-19(20)16-6-2-1-3-7-16/h1-13H,14-15H2,(H,25,28). The van der Waals surface area contributed by atoms with E-state index in [1.165, 1.54) is 24.3 Å². The lowest BCUT2D eigenvalue weighted by Gasteiger charge is -2.10. The molecule has 0 bridgehead atoms. The highest BCUT2D eigenvalue weighted by atomic mass is 32.2. The number of hydrogen-bond donors (Lipinski definition) is 1. The molecule has 0 spiro atoms. The van der Waals surface area contributed by atoms with Gasteiger partial charge in [-0.2, -0.15) is 0 Å². The van der Waals surface area contributed by atoms with E-state index in [0.717, 1.165) is 28.6 Å². The molecule has 0 aliphatic rings. The van der Waals surface area contributed by atoms with Crippen molar-refractivity contribution < 1.29 is 18.3 Å². The first-order valence-electron chi connectivity index (χ1n) is 9.45. The van der Waals surface area contributed by atoms with Crippen LogP contribution < -0.4 is 10.1 Å². The maximum absolute atomic E-state index is 12.9. The zero-order valence-corrected chi connectivity index (χ0v) is 17.1. The molecule has 31 heavy (non-hydrogen) atoms. The summed E-state index contributed by atoms with van der Waals surface area (Å²) in [5.41, 5.74) is 2.70. The minimum Gasteiger partial charge on any atom is -0.484 e. The van der Waals surface area contributed by atoms with Gasteiger partial charge >= 0.3 is 0 Å². The van der Waals surface area contributed by atoms with Gasteiger partial charge in [0.15, 0.2) is 6.61 Å². The molecule has 0 radical (unpaired) electrons. The summed E-state index contributed by atoms with van der Waals surface area (Å²) in [4.78, 5) is 12.4. The van der Waals surface area contributed by atoms with Crippen molar-refractivity contribution in [1.82, 2.24) is 10.2 Å². The van der Waals surface area contributed by atoms with Crippen molar-refractivity contribution in [2.75, 3.05) is 11.1 Å². The number of nitrogens with one attached hydrogen (secondary N) is 1. The Kier molecular flexibility index (Phi) is 6.59. The second-order valence-electron chi connectivity index (χ2n) is 6.45. The Hall–Kier alpha value is -3.65. The Balaban J connectivity index is 1.30. The first-order chi connectivity index (χ1) is 15.2. The second-order valence-corrected chi connectivity index (χ2v) is 7.38. The Labute approximate surface area is 182 Å². The first kappa shape index (κ1) is 20.6. The predicted molar refractivity (Wildman–Crippen MR) is 116 cm³/mol. The molecule has 0 saturated heterocycles. The van der Waals surface area contributed by atoms with Crippen molar-refractivity contribution in [3.8, 4) is 16.9 Å².